The molecule has 0 saturated carbocycles. The van der Waals surface area contributed by atoms with E-state index in [-0.39, 0.29) is 0 Å². The molecule has 0 aliphatic carbocycles. The van der Waals surface area contributed by atoms with Crippen molar-refractivity contribution in [2.75, 3.05) is 33.2 Å². The third-order valence-electron chi connectivity index (χ3n) is 3.92. The molecule has 1 saturated heterocycles. The zero-order valence-electron chi connectivity index (χ0n) is 13.2. The second-order valence-electron chi connectivity index (χ2n) is 5.44. The summed E-state index contributed by atoms with van der Waals surface area (Å²) in [6.07, 6.45) is 4.35. The lowest BCUT2D eigenvalue weighted by atomic mass is 10.1. The van der Waals surface area contributed by atoms with Crippen LogP contribution < -0.4 is 10.6 Å². The summed E-state index contributed by atoms with van der Waals surface area (Å²) >= 11 is 6.17. The Labute approximate surface area is 138 Å². The maximum absolute atomic E-state index is 6.17. The van der Waals surface area contributed by atoms with Crippen molar-refractivity contribution in [2.45, 2.75) is 18.9 Å². The average Bonchev–Trinajstić information content (AvgIpc) is 3.05. The van der Waals surface area contributed by atoms with E-state index in [1.807, 2.05) is 18.2 Å². The van der Waals surface area contributed by atoms with E-state index in [1.165, 1.54) is 18.4 Å². The van der Waals surface area contributed by atoms with Crippen LogP contribution in [0.25, 0.3) is 0 Å². The van der Waals surface area contributed by atoms with Crippen molar-refractivity contribution >= 4 is 17.6 Å². The van der Waals surface area contributed by atoms with Crippen LogP contribution in [-0.4, -0.2) is 44.1 Å². The highest BCUT2D eigenvalue weighted by Crippen LogP contribution is 2.26. The number of nitrogens with one attached hydrogen (secondary N) is 2. The van der Waals surface area contributed by atoms with Crippen LogP contribution in [0.15, 0.2) is 41.9 Å². The van der Waals surface area contributed by atoms with E-state index >= 15 is 0 Å². The van der Waals surface area contributed by atoms with Crippen LogP contribution in [0.5, 0.6) is 0 Å². The lowest BCUT2D eigenvalue weighted by Gasteiger charge is -2.29. The Morgan fingerprint density at radius 2 is 2.18 bits per heavy atom. The molecule has 1 unspecified atom stereocenters. The van der Waals surface area contributed by atoms with Crippen molar-refractivity contribution in [3.8, 4) is 0 Å². The van der Waals surface area contributed by atoms with Crippen LogP contribution in [-0.2, 0) is 0 Å². The van der Waals surface area contributed by atoms with Gasteiger partial charge in [-0.15, -0.1) is 6.58 Å². The standard InChI is InChI=1S/C17H25ClN4/c1-3-9-20-17(19-2)21-13-16(22-10-4-5-11-22)14-7-6-8-15(18)12-14/h3,6-8,12,16H,1,4-5,9-11,13H2,2H3,(H2,19,20,21). The van der Waals surface area contributed by atoms with E-state index in [4.69, 9.17) is 11.6 Å². The number of hydrogen-bond donors (Lipinski definition) is 2. The molecule has 0 aromatic heterocycles. The number of nitrogens with zero attached hydrogens (tertiary/aromatic N) is 2. The van der Waals surface area contributed by atoms with Gasteiger partial charge < -0.3 is 10.6 Å². The minimum absolute atomic E-state index is 0.309. The second-order valence-corrected chi connectivity index (χ2v) is 5.87. The molecular weight excluding hydrogens is 296 g/mol. The maximum atomic E-state index is 6.17. The number of aliphatic imine (C=N–C) groups is 1. The Morgan fingerprint density at radius 3 is 2.82 bits per heavy atom. The Bertz CT molecular complexity index is 509. The molecule has 1 aromatic carbocycles. The molecule has 4 nitrogen and oxygen atoms in total. The highest BCUT2D eigenvalue weighted by molar-refractivity contribution is 6.30. The summed E-state index contributed by atoms with van der Waals surface area (Å²) in [4.78, 5) is 6.75. The molecule has 1 aliphatic rings. The molecule has 0 amide bonds. The molecular formula is C17H25ClN4. The third-order valence-corrected chi connectivity index (χ3v) is 4.15. The summed E-state index contributed by atoms with van der Waals surface area (Å²) in [5.41, 5.74) is 1.25. The maximum Gasteiger partial charge on any atom is 0.191 e. The predicted molar refractivity (Wildman–Crippen MR) is 94.6 cm³/mol. The van der Waals surface area contributed by atoms with Crippen LogP contribution in [0.4, 0.5) is 0 Å². The minimum atomic E-state index is 0.309. The molecule has 1 fully saturated rings. The van der Waals surface area contributed by atoms with Gasteiger partial charge >= 0.3 is 0 Å². The summed E-state index contributed by atoms with van der Waals surface area (Å²) in [6.45, 7) is 7.49. The van der Waals surface area contributed by atoms with Crippen molar-refractivity contribution in [3.05, 3.63) is 47.5 Å². The van der Waals surface area contributed by atoms with E-state index in [2.05, 4.69) is 39.2 Å². The lowest BCUT2D eigenvalue weighted by molar-refractivity contribution is 0.245. The first kappa shape index (κ1) is 16.8. The smallest absolute Gasteiger partial charge is 0.191 e. The fourth-order valence-electron chi connectivity index (χ4n) is 2.81. The molecule has 1 aliphatic heterocycles. The number of hydrogen-bond acceptors (Lipinski definition) is 2. The van der Waals surface area contributed by atoms with Crippen LogP contribution in [0.1, 0.15) is 24.4 Å². The fourth-order valence-corrected chi connectivity index (χ4v) is 3.01. The number of halogens is 1. The number of likely N-dealkylation sites (tertiary alicyclic amines) is 1. The van der Waals surface area contributed by atoms with Gasteiger partial charge in [0.25, 0.3) is 0 Å². The van der Waals surface area contributed by atoms with E-state index < -0.39 is 0 Å². The molecule has 2 rings (SSSR count). The van der Waals surface area contributed by atoms with E-state index in [1.54, 1.807) is 7.05 Å². The molecule has 22 heavy (non-hydrogen) atoms. The Hall–Kier alpha value is -1.52. The number of guanidine groups is 1. The normalized spacial score (nSPS) is 17.3. The van der Waals surface area contributed by atoms with Gasteiger partial charge in [0.1, 0.15) is 0 Å². The van der Waals surface area contributed by atoms with Gasteiger partial charge in [-0.1, -0.05) is 29.8 Å². The van der Waals surface area contributed by atoms with Crippen molar-refractivity contribution in [1.29, 1.82) is 0 Å². The SMILES string of the molecule is C=CCNC(=NC)NCC(c1cccc(Cl)c1)N1CCCC1. The Kier molecular flexibility index (Phi) is 6.74. The first-order valence-electron chi connectivity index (χ1n) is 7.79. The number of rotatable bonds is 6. The monoisotopic (exact) mass is 320 g/mol. The predicted octanol–water partition coefficient (Wildman–Crippen LogP) is 2.83. The Morgan fingerprint density at radius 1 is 1.41 bits per heavy atom. The molecule has 0 radical (unpaired) electrons. The quantitative estimate of drug-likeness (QED) is 0.481. The fraction of sp³-hybridized carbons (Fsp3) is 0.471. The topological polar surface area (TPSA) is 39.7 Å². The summed E-state index contributed by atoms with van der Waals surface area (Å²) in [5, 5.41) is 7.40. The highest BCUT2D eigenvalue weighted by Gasteiger charge is 2.23. The third kappa shape index (κ3) is 4.75. The molecule has 1 heterocycles. The highest BCUT2D eigenvalue weighted by atomic mass is 35.5. The van der Waals surface area contributed by atoms with Crippen molar-refractivity contribution in [2.24, 2.45) is 4.99 Å². The van der Waals surface area contributed by atoms with Crippen molar-refractivity contribution in [1.82, 2.24) is 15.5 Å². The van der Waals surface area contributed by atoms with Crippen LogP contribution in [0, 0.1) is 0 Å². The summed E-state index contributed by atoms with van der Waals surface area (Å²) in [5.74, 6) is 0.797. The number of benzene rings is 1. The molecule has 120 valence electrons. The van der Waals surface area contributed by atoms with Crippen LogP contribution >= 0.6 is 11.6 Å². The first-order chi connectivity index (χ1) is 10.7. The average molecular weight is 321 g/mol. The summed E-state index contributed by atoms with van der Waals surface area (Å²) < 4.78 is 0. The minimum Gasteiger partial charge on any atom is -0.354 e. The van der Waals surface area contributed by atoms with Crippen LogP contribution in [0.2, 0.25) is 5.02 Å². The van der Waals surface area contributed by atoms with Gasteiger partial charge in [-0.25, -0.2) is 0 Å². The lowest BCUT2D eigenvalue weighted by Crippen LogP contribution is -2.42. The molecule has 0 bridgehead atoms. The molecule has 2 N–H and O–H groups in total. The Balaban J connectivity index is 2.06. The van der Waals surface area contributed by atoms with Gasteiger partial charge in [-0.05, 0) is 43.6 Å². The van der Waals surface area contributed by atoms with Gasteiger partial charge in [-0.2, -0.15) is 0 Å². The van der Waals surface area contributed by atoms with Gasteiger partial charge in [0.05, 0.1) is 6.04 Å². The van der Waals surface area contributed by atoms with Crippen molar-refractivity contribution in [3.63, 3.8) is 0 Å². The summed E-state index contributed by atoms with van der Waals surface area (Å²) in [6, 6.07) is 8.46. The van der Waals surface area contributed by atoms with Crippen LogP contribution in [0.3, 0.4) is 0 Å². The van der Waals surface area contributed by atoms with E-state index in [0.29, 0.717) is 12.6 Å². The molecule has 1 atom stereocenters. The van der Waals surface area contributed by atoms with Gasteiger partial charge in [0.15, 0.2) is 5.96 Å². The first-order valence-corrected chi connectivity index (χ1v) is 8.17. The molecule has 5 heteroatoms. The zero-order valence-corrected chi connectivity index (χ0v) is 13.9. The second kappa shape index (κ2) is 8.81. The van der Waals surface area contributed by atoms with Gasteiger partial charge in [0, 0.05) is 25.2 Å². The zero-order chi connectivity index (χ0) is 15.8. The van der Waals surface area contributed by atoms with Gasteiger partial charge in [-0.3, -0.25) is 9.89 Å². The molecule has 1 aromatic rings. The van der Waals surface area contributed by atoms with Gasteiger partial charge in [0.2, 0.25) is 0 Å². The summed E-state index contributed by atoms with van der Waals surface area (Å²) in [7, 11) is 1.78. The van der Waals surface area contributed by atoms with Crippen molar-refractivity contribution < 1.29 is 0 Å². The van der Waals surface area contributed by atoms with E-state index in [9.17, 15) is 0 Å². The van der Waals surface area contributed by atoms with E-state index in [0.717, 1.165) is 30.6 Å². The molecule has 0 spiro atoms. The largest absolute Gasteiger partial charge is 0.354 e.